The third-order valence-electron chi connectivity index (χ3n) is 3.62. The number of primary amides is 1. The van der Waals surface area contributed by atoms with Gasteiger partial charge in [0.25, 0.3) is 0 Å². The molecular weight excluding hydrogens is 234 g/mol. The number of morpholine rings is 1. The normalized spacial score (nSPS) is 25.7. The van der Waals surface area contributed by atoms with Gasteiger partial charge >= 0.3 is 0 Å². The molecule has 0 saturated carbocycles. The van der Waals surface area contributed by atoms with Gasteiger partial charge < -0.3 is 15.4 Å². The number of nitrogens with zero attached hydrogens (tertiary/aromatic N) is 2. The van der Waals surface area contributed by atoms with Gasteiger partial charge in [-0.15, -0.1) is 0 Å². The Hall–Kier alpha value is -1.14. The van der Waals surface area contributed by atoms with E-state index in [1.165, 1.54) is 0 Å². The lowest BCUT2D eigenvalue weighted by atomic mass is 10.1. The van der Waals surface area contributed by atoms with Crippen LogP contribution in [0.25, 0.3) is 0 Å². The Labute approximate surface area is 107 Å². The molecule has 18 heavy (non-hydrogen) atoms. The largest absolute Gasteiger partial charge is 0.379 e. The molecule has 2 heterocycles. The van der Waals surface area contributed by atoms with E-state index in [0.29, 0.717) is 6.54 Å². The third kappa shape index (κ3) is 3.43. The highest BCUT2D eigenvalue weighted by Crippen LogP contribution is 2.17. The van der Waals surface area contributed by atoms with Gasteiger partial charge in [-0.2, -0.15) is 0 Å². The number of likely N-dealkylation sites (tertiary alicyclic amines) is 1. The molecule has 2 fully saturated rings. The molecule has 0 aliphatic carbocycles. The van der Waals surface area contributed by atoms with Gasteiger partial charge in [0.05, 0.1) is 19.1 Å². The minimum absolute atomic E-state index is 0.0563. The van der Waals surface area contributed by atoms with Crippen LogP contribution in [0.15, 0.2) is 0 Å². The van der Waals surface area contributed by atoms with Crippen molar-refractivity contribution in [3.8, 4) is 0 Å². The molecule has 0 aromatic heterocycles. The second-order valence-corrected chi connectivity index (χ2v) is 4.95. The standard InChI is InChI=1S/C12H21N3O3/c13-12(17)10-8-11(16)15(9-10)3-1-2-14-4-6-18-7-5-14/h10H,1-9H2,(H2,13,17)/t10-/m1/s1. The maximum atomic E-state index is 11.7. The van der Waals surface area contributed by atoms with Crippen molar-refractivity contribution in [1.82, 2.24) is 9.80 Å². The smallest absolute Gasteiger partial charge is 0.223 e. The number of ether oxygens (including phenoxy) is 1. The minimum atomic E-state index is -0.362. The molecule has 2 aliphatic rings. The number of hydrogen-bond donors (Lipinski definition) is 1. The number of hydrogen-bond acceptors (Lipinski definition) is 4. The molecule has 6 nitrogen and oxygen atoms in total. The van der Waals surface area contributed by atoms with Gasteiger partial charge in [0.15, 0.2) is 0 Å². The summed E-state index contributed by atoms with van der Waals surface area (Å²) in [5.41, 5.74) is 5.23. The summed E-state index contributed by atoms with van der Waals surface area (Å²) in [7, 11) is 0. The zero-order valence-corrected chi connectivity index (χ0v) is 10.6. The summed E-state index contributed by atoms with van der Waals surface area (Å²) in [5.74, 6) is -0.597. The summed E-state index contributed by atoms with van der Waals surface area (Å²) in [4.78, 5) is 26.8. The Morgan fingerprint density at radius 2 is 2.06 bits per heavy atom. The van der Waals surface area contributed by atoms with Crippen LogP contribution in [0.4, 0.5) is 0 Å². The average molecular weight is 255 g/mol. The van der Waals surface area contributed by atoms with Crippen molar-refractivity contribution in [2.45, 2.75) is 12.8 Å². The van der Waals surface area contributed by atoms with Crippen molar-refractivity contribution in [2.75, 3.05) is 45.9 Å². The molecule has 2 saturated heterocycles. The van der Waals surface area contributed by atoms with Crippen molar-refractivity contribution in [2.24, 2.45) is 11.7 Å². The summed E-state index contributed by atoms with van der Waals surface area (Å²) in [6.45, 7) is 5.74. The molecule has 0 radical (unpaired) electrons. The Morgan fingerprint density at radius 3 is 2.67 bits per heavy atom. The zero-order chi connectivity index (χ0) is 13.0. The monoisotopic (exact) mass is 255 g/mol. The fourth-order valence-electron chi connectivity index (χ4n) is 2.49. The number of nitrogens with two attached hydrogens (primary N) is 1. The summed E-state index contributed by atoms with van der Waals surface area (Å²) >= 11 is 0. The van der Waals surface area contributed by atoms with Gasteiger partial charge in [0.2, 0.25) is 11.8 Å². The molecule has 0 bridgehead atoms. The summed E-state index contributed by atoms with van der Waals surface area (Å²) in [6, 6.07) is 0. The molecule has 6 heteroatoms. The van der Waals surface area contributed by atoms with E-state index in [1.807, 2.05) is 0 Å². The first-order valence-electron chi connectivity index (χ1n) is 6.54. The lowest BCUT2D eigenvalue weighted by Crippen LogP contribution is -2.38. The molecule has 2 N–H and O–H groups in total. The van der Waals surface area contributed by atoms with Gasteiger partial charge in [-0.1, -0.05) is 0 Å². The molecule has 102 valence electrons. The molecule has 0 aromatic carbocycles. The van der Waals surface area contributed by atoms with Crippen LogP contribution in [0.5, 0.6) is 0 Å². The topological polar surface area (TPSA) is 75.9 Å². The van der Waals surface area contributed by atoms with E-state index in [2.05, 4.69) is 4.90 Å². The molecule has 0 spiro atoms. The van der Waals surface area contributed by atoms with Gasteiger partial charge in [0, 0.05) is 39.1 Å². The molecule has 2 rings (SSSR count). The van der Waals surface area contributed by atoms with E-state index >= 15 is 0 Å². The maximum absolute atomic E-state index is 11.7. The van der Waals surface area contributed by atoms with Crippen LogP contribution in [-0.4, -0.2) is 67.6 Å². The van der Waals surface area contributed by atoms with E-state index < -0.39 is 0 Å². The number of rotatable bonds is 5. The quantitative estimate of drug-likeness (QED) is 0.686. The maximum Gasteiger partial charge on any atom is 0.223 e. The third-order valence-corrected chi connectivity index (χ3v) is 3.62. The van der Waals surface area contributed by atoms with Crippen LogP contribution in [0, 0.1) is 5.92 Å². The zero-order valence-electron chi connectivity index (χ0n) is 10.6. The Balaban J connectivity index is 1.67. The van der Waals surface area contributed by atoms with Crippen molar-refractivity contribution in [3.05, 3.63) is 0 Å². The Bertz CT molecular complexity index is 316. The average Bonchev–Trinajstić information content (AvgIpc) is 2.73. The molecule has 0 unspecified atom stereocenters. The fourth-order valence-corrected chi connectivity index (χ4v) is 2.49. The van der Waals surface area contributed by atoms with Crippen LogP contribution < -0.4 is 5.73 Å². The Morgan fingerprint density at radius 1 is 1.33 bits per heavy atom. The highest BCUT2D eigenvalue weighted by atomic mass is 16.5. The molecule has 2 aliphatic heterocycles. The van der Waals surface area contributed by atoms with Crippen molar-refractivity contribution in [1.29, 1.82) is 0 Å². The molecule has 0 aromatic rings. The van der Waals surface area contributed by atoms with E-state index in [4.69, 9.17) is 10.5 Å². The van der Waals surface area contributed by atoms with Crippen LogP contribution >= 0.6 is 0 Å². The predicted molar refractivity (Wildman–Crippen MR) is 65.8 cm³/mol. The van der Waals surface area contributed by atoms with E-state index in [-0.39, 0.29) is 24.2 Å². The SMILES string of the molecule is NC(=O)[C@@H]1CC(=O)N(CCCN2CCOCC2)C1. The summed E-state index contributed by atoms with van der Waals surface area (Å²) in [6.07, 6.45) is 1.23. The van der Waals surface area contributed by atoms with Crippen LogP contribution in [0.1, 0.15) is 12.8 Å². The van der Waals surface area contributed by atoms with Crippen molar-refractivity contribution < 1.29 is 14.3 Å². The van der Waals surface area contributed by atoms with Gasteiger partial charge in [-0.25, -0.2) is 0 Å². The second-order valence-electron chi connectivity index (χ2n) is 4.95. The second kappa shape index (κ2) is 6.15. The van der Waals surface area contributed by atoms with Crippen LogP contribution in [0.3, 0.4) is 0 Å². The van der Waals surface area contributed by atoms with E-state index in [9.17, 15) is 9.59 Å². The van der Waals surface area contributed by atoms with E-state index in [1.54, 1.807) is 4.90 Å². The lowest BCUT2D eigenvalue weighted by molar-refractivity contribution is -0.128. The van der Waals surface area contributed by atoms with Gasteiger partial charge in [-0.3, -0.25) is 14.5 Å². The van der Waals surface area contributed by atoms with Gasteiger partial charge in [0.1, 0.15) is 0 Å². The van der Waals surface area contributed by atoms with Gasteiger partial charge in [-0.05, 0) is 6.42 Å². The fraction of sp³-hybridized carbons (Fsp3) is 0.833. The summed E-state index contributed by atoms with van der Waals surface area (Å²) in [5, 5.41) is 0. The summed E-state index contributed by atoms with van der Waals surface area (Å²) < 4.78 is 5.28. The van der Waals surface area contributed by atoms with Crippen LogP contribution in [0.2, 0.25) is 0 Å². The molecular formula is C12H21N3O3. The first kappa shape index (κ1) is 13.3. The van der Waals surface area contributed by atoms with Crippen molar-refractivity contribution in [3.63, 3.8) is 0 Å². The first-order valence-corrected chi connectivity index (χ1v) is 6.54. The van der Waals surface area contributed by atoms with E-state index in [0.717, 1.165) is 45.8 Å². The highest BCUT2D eigenvalue weighted by Gasteiger charge is 2.32. The molecule has 2 amide bonds. The number of amides is 2. The van der Waals surface area contributed by atoms with Crippen molar-refractivity contribution >= 4 is 11.8 Å². The lowest BCUT2D eigenvalue weighted by Gasteiger charge is -2.27. The number of carbonyl (C=O) groups is 2. The first-order chi connectivity index (χ1) is 8.66. The number of carbonyl (C=O) groups excluding carboxylic acids is 2. The Kier molecular flexibility index (Phi) is 4.54. The molecule has 1 atom stereocenters. The van der Waals surface area contributed by atoms with Crippen LogP contribution in [-0.2, 0) is 14.3 Å². The minimum Gasteiger partial charge on any atom is -0.379 e. The highest BCUT2D eigenvalue weighted by molar-refractivity contribution is 5.88. The predicted octanol–water partition coefficient (Wildman–Crippen LogP) is -0.957.